The van der Waals surface area contributed by atoms with Crippen LogP contribution in [0.1, 0.15) is 43.4 Å². The molecular formula is C25H19F3N6O4S. The van der Waals surface area contributed by atoms with Crippen molar-refractivity contribution in [2.24, 2.45) is 0 Å². The van der Waals surface area contributed by atoms with Crippen LogP contribution < -0.4 is 10.0 Å². The summed E-state index contributed by atoms with van der Waals surface area (Å²) >= 11 is 0. The molecule has 4 aromatic rings. The van der Waals surface area contributed by atoms with Crippen LogP contribution in [0.15, 0.2) is 54.6 Å². The molecule has 0 aliphatic rings. The molecule has 0 radical (unpaired) electrons. The summed E-state index contributed by atoms with van der Waals surface area (Å²) in [6, 6.07) is 15.2. The molecule has 0 fully saturated rings. The molecule has 14 heteroatoms. The van der Waals surface area contributed by atoms with Gasteiger partial charge in [-0.25, -0.2) is 18.1 Å². The highest BCUT2D eigenvalue weighted by atomic mass is 32.2. The molecule has 0 unspecified atom stereocenters. The Bertz CT molecular complexity index is 1760. The summed E-state index contributed by atoms with van der Waals surface area (Å²) in [7, 11) is -3.95. The topological polar surface area (TPSA) is 147 Å². The Balaban J connectivity index is 1.75. The van der Waals surface area contributed by atoms with Crippen molar-refractivity contribution in [1.29, 1.82) is 5.26 Å². The lowest BCUT2D eigenvalue weighted by molar-refractivity contribution is -0.140. The first-order chi connectivity index (χ1) is 18.3. The highest BCUT2D eigenvalue weighted by Gasteiger charge is 2.39. The van der Waals surface area contributed by atoms with E-state index in [0.29, 0.717) is 11.1 Å². The summed E-state index contributed by atoms with van der Waals surface area (Å²) in [6.07, 6.45) is -4.15. The van der Waals surface area contributed by atoms with Crippen molar-refractivity contribution in [3.63, 3.8) is 0 Å². The molecule has 0 bridgehead atoms. The summed E-state index contributed by atoms with van der Waals surface area (Å²) in [5.74, 6) is -2.10. The van der Waals surface area contributed by atoms with E-state index in [1.54, 1.807) is 29.0 Å². The monoisotopic (exact) mass is 556 g/mol. The second kappa shape index (κ2) is 10.2. The zero-order valence-electron chi connectivity index (χ0n) is 20.4. The van der Waals surface area contributed by atoms with Gasteiger partial charge in [-0.15, -0.1) is 0 Å². The van der Waals surface area contributed by atoms with E-state index in [1.165, 1.54) is 31.2 Å². The highest BCUT2D eigenvalue weighted by molar-refractivity contribution is 7.89. The number of nitrogens with one attached hydrogen (secondary N) is 2. The van der Waals surface area contributed by atoms with E-state index in [9.17, 15) is 31.2 Å². The number of amides is 2. The largest absolute Gasteiger partial charge is 0.437 e. The molecule has 0 spiro atoms. The first-order valence-electron chi connectivity index (χ1n) is 11.1. The minimum Gasteiger partial charge on any atom is -0.319 e. The van der Waals surface area contributed by atoms with Crippen LogP contribution in [0.2, 0.25) is 0 Å². The van der Waals surface area contributed by atoms with Gasteiger partial charge in [-0.2, -0.15) is 23.5 Å². The van der Waals surface area contributed by atoms with Gasteiger partial charge >= 0.3 is 6.18 Å². The second-order valence-corrected chi connectivity index (χ2v) is 10.3. The normalized spacial score (nSPS) is 11.7. The number of hydrogen-bond acceptors (Lipinski definition) is 7. The van der Waals surface area contributed by atoms with E-state index in [1.807, 2.05) is 6.07 Å². The molecule has 10 nitrogen and oxygen atoms in total. The lowest BCUT2D eigenvalue weighted by Crippen LogP contribution is -2.30. The standard InChI is InChI=1S/C25H19F3N6O4S/c1-14-21(22(25(26,27)28)32-34(14)13-16-9-7-15(12-29)8-10-16)31-23(35)18-11-20(24(36)33-39(2,37)38)30-19-6-4-3-5-17(18)19/h3-11H,13H2,1-2H3,(H,31,35)(H,33,36). The van der Waals surface area contributed by atoms with Gasteiger partial charge in [0.25, 0.3) is 11.8 Å². The molecule has 200 valence electrons. The number of nitriles is 1. The summed E-state index contributed by atoms with van der Waals surface area (Å²) in [5.41, 5.74) is -1.41. The van der Waals surface area contributed by atoms with Gasteiger partial charge in [0.2, 0.25) is 10.0 Å². The molecule has 2 aromatic carbocycles. The number of anilines is 1. The number of para-hydroxylation sites is 1. The first-order valence-corrected chi connectivity index (χ1v) is 13.0. The van der Waals surface area contributed by atoms with E-state index in [2.05, 4.69) is 15.4 Å². The minimum absolute atomic E-state index is 0.00781. The van der Waals surface area contributed by atoms with Crippen LogP contribution in [-0.4, -0.2) is 41.3 Å². The van der Waals surface area contributed by atoms with Crippen molar-refractivity contribution in [1.82, 2.24) is 19.5 Å². The number of hydrogen-bond donors (Lipinski definition) is 2. The minimum atomic E-state index is -4.91. The molecule has 0 saturated heterocycles. The molecule has 2 N–H and O–H groups in total. The van der Waals surface area contributed by atoms with Crippen molar-refractivity contribution in [2.75, 3.05) is 11.6 Å². The fourth-order valence-electron chi connectivity index (χ4n) is 3.79. The number of fused-ring (bicyclic) bond motifs is 1. The zero-order chi connectivity index (χ0) is 28.5. The Morgan fingerprint density at radius 3 is 2.36 bits per heavy atom. The van der Waals surface area contributed by atoms with Gasteiger partial charge in [0, 0.05) is 5.39 Å². The Morgan fingerprint density at radius 1 is 1.08 bits per heavy atom. The third-order valence-electron chi connectivity index (χ3n) is 5.60. The summed E-state index contributed by atoms with van der Waals surface area (Å²) < 4.78 is 67.6. The van der Waals surface area contributed by atoms with Crippen LogP contribution in [0, 0.1) is 18.3 Å². The predicted molar refractivity (Wildman–Crippen MR) is 134 cm³/mol. The zero-order valence-corrected chi connectivity index (χ0v) is 21.2. The third kappa shape index (κ3) is 6.04. The molecule has 2 aromatic heterocycles. The van der Waals surface area contributed by atoms with Crippen LogP contribution in [0.5, 0.6) is 0 Å². The number of carbonyl (C=O) groups is 2. The summed E-state index contributed by atoms with van der Waals surface area (Å²) in [6.45, 7) is 1.29. The van der Waals surface area contributed by atoms with Crippen LogP contribution in [0.25, 0.3) is 10.9 Å². The quantitative estimate of drug-likeness (QED) is 0.369. The number of alkyl halides is 3. The average molecular weight is 557 g/mol. The number of pyridine rings is 1. The lowest BCUT2D eigenvalue weighted by Gasteiger charge is -2.12. The van der Waals surface area contributed by atoms with Gasteiger partial charge in [-0.05, 0) is 36.8 Å². The van der Waals surface area contributed by atoms with Crippen LogP contribution in [0.3, 0.4) is 0 Å². The van der Waals surface area contributed by atoms with Gasteiger partial charge in [0.15, 0.2) is 5.69 Å². The smallest absolute Gasteiger partial charge is 0.319 e. The fourth-order valence-corrected chi connectivity index (χ4v) is 4.23. The molecule has 2 amide bonds. The molecule has 4 rings (SSSR count). The van der Waals surface area contributed by atoms with Crippen molar-refractivity contribution < 1.29 is 31.2 Å². The van der Waals surface area contributed by atoms with Gasteiger partial charge in [-0.3, -0.25) is 14.3 Å². The van der Waals surface area contributed by atoms with Crippen LogP contribution in [-0.2, 0) is 22.7 Å². The summed E-state index contributed by atoms with van der Waals surface area (Å²) in [4.78, 5) is 29.8. The highest BCUT2D eigenvalue weighted by Crippen LogP contribution is 2.36. The number of benzene rings is 2. The van der Waals surface area contributed by atoms with Gasteiger partial charge in [0.1, 0.15) is 5.69 Å². The Kier molecular flexibility index (Phi) is 7.12. The maximum absolute atomic E-state index is 13.9. The SMILES string of the molecule is Cc1c(NC(=O)c2cc(C(=O)NS(C)(=O)=O)nc3ccccc23)c(C(F)(F)F)nn1Cc1ccc(C#N)cc1. The van der Waals surface area contributed by atoms with Gasteiger partial charge < -0.3 is 5.32 Å². The second-order valence-electron chi connectivity index (χ2n) is 8.50. The Labute approximate surface area is 220 Å². The van der Waals surface area contributed by atoms with Crippen molar-refractivity contribution in [3.05, 3.63) is 88.4 Å². The van der Waals surface area contributed by atoms with Gasteiger partial charge in [0.05, 0.1) is 46.9 Å². The molecule has 0 saturated carbocycles. The number of aromatic nitrogens is 3. The van der Waals surface area contributed by atoms with E-state index in [4.69, 9.17) is 5.26 Å². The maximum Gasteiger partial charge on any atom is 0.437 e. The number of nitrogens with zero attached hydrogens (tertiary/aromatic N) is 4. The molecule has 2 heterocycles. The van der Waals surface area contributed by atoms with Crippen molar-refractivity contribution in [2.45, 2.75) is 19.6 Å². The predicted octanol–water partition coefficient (Wildman–Crippen LogP) is 3.62. The van der Waals surface area contributed by atoms with E-state index in [-0.39, 0.29) is 28.7 Å². The van der Waals surface area contributed by atoms with Crippen molar-refractivity contribution >= 4 is 38.4 Å². The number of halogens is 3. The number of sulfonamides is 1. The lowest BCUT2D eigenvalue weighted by atomic mass is 10.1. The van der Waals surface area contributed by atoms with Crippen molar-refractivity contribution in [3.8, 4) is 6.07 Å². The first kappa shape index (κ1) is 27.3. The number of carbonyl (C=O) groups excluding carboxylic acids is 2. The van der Waals surface area contributed by atoms with Crippen LogP contribution in [0.4, 0.5) is 18.9 Å². The molecule has 0 aliphatic carbocycles. The molecule has 39 heavy (non-hydrogen) atoms. The molecule has 0 atom stereocenters. The average Bonchev–Trinajstić information content (AvgIpc) is 3.17. The molecular weight excluding hydrogens is 537 g/mol. The number of rotatable bonds is 6. The van der Waals surface area contributed by atoms with Crippen LogP contribution >= 0.6 is 0 Å². The Morgan fingerprint density at radius 2 is 1.74 bits per heavy atom. The van der Waals surface area contributed by atoms with E-state index < -0.39 is 45.1 Å². The third-order valence-corrected chi connectivity index (χ3v) is 6.16. The Hall–Kier alpha value is -4.77. The molecule has 0 aliphatic heterocycles. The maximum atomic E-state index is 13.9. The fraction of sp³-hybridized carbons (Fsp3) is 0.160. The summed E-state index contributed by atoms with van der Waals surface area (Å²) in [5, 5.41) is 15.1. The van der Waals surface area contributed by atoms with E-state index >= 15 is 0 Å². The van der Waals surface area contributed by atoms with E-state index in [0.717, 1.165) is 17.0 Å². The van der Waals surface area contributed by atoms with Gasteiger partial charge in [-0.1, -0.05) is 30.3 Å².